The molecule has 4 heteroatoms. The number of nitrogens with zero attached hydrogens (tertiary/aromatic N) is 2. The maximum atomic E-state index is 5.56. The number of ether oxygens (including phenoxy) is 1. The second kappa shape index (κ2) is 9.83. The van der Waals surface area contributed by atoms with E-state index in [1.54, 1.807) is 7.11 Å². The highest BCUT2D eigenvalue weighted by atomic mass is 16.5. The number of methoxy groups -OCH3 is 1. The first-order valence-electron chi connectivity index (χ1n) is 7.00. The maximum absolute atomic E-state index is 5.56. The fourth-order valence-electron chi connectivity index (χ4n) is 2.37. The summed E-state index contributed by atoms with van der Waals surface area (Å²) < 4.78 is 5.08. The van der Waals surface area contributed by atoms with Crippen LogP contribution in [0.5, 0.6) is 0 Å². The topological polar surface area (TPSA) is 41.7 Å². The van der Waals surface area contributed by atoms with Gasteiger partial charge in [0.1, 0.15) is 0 Å². The van der Waals surface area contributed by atoms with E-state index in [2.05, 4.69) is 9.80 Å². The molecular weight excluding hydrogens is 214 g/mol. The molecule has 1 fully saturated rings. The van der Waals surface area contributed by atoms with Gasteiger partial charge in [0.25, 0.3) is 0 Å². The van der Waals surface area contributed by atoms with Crippen molar-refractivity contribution >= 4 is 0 Å². The first-order chi connectivity index (χ1) is 8.36. The molecule has 0 aromatic rings. The van der Waals surface area contributed by atoms with Gasteiger partial charge in [-0.3, -0.25) is 0 Å². The predicted octanol–water partition coefficient (Wildman–Crippen LogP) is 0.770. The van der Waals surface area contributed by atoms with Gasteiger partial charge in [-0.2, -0.15) is 0 Å². The van der Waals surface area contributed by atoms with Crippen molar-refractivity contribution in [3.63, 3.8) is 0 Å². The van der Waals surface area contributed by atoms with Gasteiger partial charge in [-0.25, -0.2) is 0 Å². The SMILES string of the molecule is COCCCCN1CCCN(CCCN)CC1. The lowest BCUT2D eigenvalue weighted by Crippen LogP contribution is -2.32. The van der Waals surface area contributed by atoms with Crippen LogP contribution >= 0.6 is 0 Å². The van der Waals surface area contributed by atoms with Crippen LogP contribution in [0.15, 0.2) is 0 Å². The van der Waals surface area contributed by atoms with Crippen molar-refractivity contribution in [1.82, 2.24) is 9.80 Å². The summed E-state index contributed by atoms with van der Waals surface area (Å²) in [6.07, 6.45) is 4.88. The summed E-state index contributed by atoms with van der Waals surface area (Å²) >= 11 is 0. The molecule has 102 valence electrons. The Kier molecular flexibility index (Phi) is 8.61. The summed E-state index contributed by atoms with van der Waals surface area (Å²) in [6.45, 7) is 9.05. The van der Waals surface area contributed by atoms with Gasteiger partial charge in [0.05, 0.1) is 0 Å². The Labute approximate surface area is 106 Å². The van der Waals surface area contributed by atoms with Crippen molar-refractivity contribution in [3.05, 3.63) is 0 Å². The number of rotatable bonds is 8. The molecular formula is C13H29N3O. The van der Waals surface area contributed by atoms with E-state index in [4.69, 9.17) is 10.5 Å². The Balaban J connectivity index is 2.09. The van der Waals surface area contributed by atoms with Gasteiger partial charge in [0, 0.05) is 26.8 Å². The van der Waals surface area contributed by atoms with Crippen LogP contribution in [0, 0.1) is 0 Å². The van der Waals surface area contributed by atoms with Crippen LogP contribution in [-0.4, -0.2) is 69.3 Å². The fraction of sp³-hybridized carbons (Fsp3) is 1.00. The molecule has 0 aromatic carbocycles. The molecule has 0 unspecified atom stereocenters. The van der Waals surface area contributed by atoms with Crippen molar-refractivity contribution in [1.29, 1.82) is 0 Å². The van der Waals surface area contributed by atoms with Crippen molar-refractivity contribution in [2.75, 3.05) is 59.5 Å². The molecule has 0 saturated carbocycles. The van der Waals surface area contributed by atoms with E-state index in [1.165, 1.54) is 58.5 Å². The first kappa shape index (κ1) is 14.9. The number of hydrogen-bond acceptors (Lipinski definition) is 4. The monoisotopic (exact) mass is 243 g/mol. The summed E-state index contributed by atoms with van der Waals surface area (Å²) in [5.41, 5.74) is 5.56. The molecule has 0 bridgehead atoms. The van der Waals surface area contributed by atoms with Crippen LogP contribution in [0.2, 0.25) is 0 Å². The van der Waals surface area contributed by atoms with Crippen molar-refractivity contribution in [2.45, 2.75) is 25.7 Å². The summed E-state index contributed by atoms with van der Waals surface area (Å²) in [5.74, 6) is 0. The lowest BCUT2D eigenvalue weighted by Gasteiger charge is -2.21. The van der Waals surface area contributed by atoms with Crippen LogP contribution in [0.3, 0.4) is 0 Å². The third-order valence-corrected chi connectivity index (χ3v) is 3.43. The second-order valence-electron chi connectivity index (χ2n) is 4.88. The van der Waals surface area contributed by atoms with E-state index in [0.717, 1.165) is 19.6 Å². The Morgan fingerprint density at radius 3 is 2.18 bits per heavy atom. The highest BCUT2D eigenvalue weighted by Crippen LogP contribution is 2.05. The molecule has 1 heterocycles. The van der Waals surface area contributed by atoms with Crippen LogP contribution in [0.25, 0.3) is 0 Å². The van der Waals surface area contributed by atoms with Crippen LogP contribution in [0.1, 0.15) is 25.7 Å². The fourth-order valence-corrected chi connectivity index (χ4v) is 2.37. The summed E-state index contributed by atoms with van der Waals surface area (Å²) in [4.78, 5) is 5.15. The van der Waals surface area contributed by atoms with Gasteiger partial charge < -0.3 is 20.3 Å². The lowest BCUT2D eigenvalue weighted by molar-refractivity contribution is 0.184. The minimum Gasteiger partial charge on any atom is -0.385 e. The van der Waals surface area contributed by atoms with E-state index < -0.39 is 0 Å². The molecule has 1 rings (SSSR count). The largest absolute Gasteiger partial charge is 0.385 e. The predicted molar refractivity (Wildman–Crippen MR) is 72.3 cm³/mol. The van der Waals surface area contributed by atoms with Crippen LogP contribution in [0.4, 0.5) is 0 Å². The molecule has 1 aliphatic rings. The van der Waals surface area contributed by atoms with Gasteiger partial charge in [0.15, 0.2) is 0 Å². The van der Waals surface area contributed by atoms with Crippen molar-refractivity contribution in [3.8, 4) is 0 Å². The quantitative estimate of drug-likeness (QED) is 0.639. The van der Waals surface area contributed by atoms with Gasteiger partial charge in [-0.15, -0.1) is 0 Å². The Morgan fingerprint density at radius 2 is 1.59 bits per heavy atom. The maximum Gasteiger partial charge on any atom is 0.0462 e. The standard InChI is InChI=1S/C13H29N3O/c1-17-13-3-2-7-15-9-5-10-16(12-11-15)8-4-6-14/h2-14H2,1H3. The zero-order valence-electron chi connectivity index (χ0n) is 11.4. The minimum absolute atomic E-state index is 0.817. The smallest absolute Gasteiger partial charge is 0.0462 e. The van der Waals surface area contributed by atoms with E-state index >= 15 is 0 Å². The van der Waals surface area contributed by atoms with Gasteiger partial charge >= 0.3 is 0 Å². The average Bonchev–Trinajstić information content (AvgIpc) is 2.57. The molecule has 0 aromatic heterocycles. The molecule has 17 heavy (non-hydrogen) atoms. The molecule has 4 nitrogen and oxygen atoms in total. The zero-order chi connectivity index (χ0) is 12.3. The molecule has 2 N–H and O–H groups in total. The Bertz CT molecular complexity index is 178. The first-order valence-corrected chi connectivity index (χ1v) is 7.00. The van der Waals surface area contributed by atoms with E-state index in [9.17, 15) is 0 Å². The second-order valence-corrected chi connectivity index (χ2v) is 4.88. The van der Waals surface area contributed by atoms with E-state index in [1.807, 2.05) is 0 Å². The average molecular weight is 243 g/mol. The summed E-state index contributed by atoms with van der Waals surface area (Å²) in [7, 11) is 1.78. The Morgan fingerprint density at radius 1 is 0.941 bits per heavy atom. The summed E-state index contributed by atoms with van der Waals surface area (Å²) in [6, 6.07) is 0. The third kappa shape index (κ3) is 6.99. The molecule has 0 amide bonds. The molecule has 1 aliphatic heterocycles. The molecule has 0 spiro atoms. The molecule has 0 atom stereocenters. The Hall–Kier alpha value is -0.160. The molecule has 0 radical (unpaired) electrons. The van der Waals surface area contributed by atoms with Crippen LogP contribution in [-0.2, 0) is 4.74 Å². The molecule has 1 saturated heterocycles. The van der Waals surface area contributed by atoms with Gasteiger partial charge in [0.2, 0.25) is 0 Å². The van der Waals surface area contributed by atoms with Gasteiger partial charge in [-0.05, 0) is 58.4 Å². The minimum atomic E-state index is 0.817. The summed E-state index contributed by atoms with van der Waals surface area (Å²) in [5, 5.41) is 0. The lowest BCUT2D eigenvalue weighted by atomic mass is 10.3. The van der Waals surface area contributed by atoms with Gasteiger partial charge in [-0.1, -0.05) is 0 Å². The highest BCUT2D eigenvalue weighted by molar-refractivity contribution is 4.69. The van der Waals surface area contributed by atoms with Crippen molar-refractivity contribution in [2.24, 2.45) is 5.73 Å². The number of nitrogens with two attached hydrogens (primary N) is 1. The third-order valence-electron chi connectivity index (χ3n) is 3.43. The van der Waals surface area contributed by atoms with E-state index in [-0.39, 0.29) is 0 Å². The highest BCUT2D eigenvalue weighted by Gasteiger charge is 2.13. The molecule has 0 aliphatic carbocycles. The van der Waals surface area contributed by atoms with E-state index in [0.29, 0.717) is 0 Å². The number of unbranched alkanes of at least 4 members (excludes halogenated alkanes) is 1. The zero-order valence-corrected chi connectivity index (χ0v) is 11.4. The van der Waals surface area contributed by atoms with Crippen molar-refractivity contribution < 1.29 is 4.74 Å². The normalized spacial score (nSPS) is 19.4. The van der Waals surface area contributed by atoms with Crippen LogP contribution < -0.4 is 5.73 Å². The number of hydrogen-bond donors (Lipinski definition) is 1.